The molecule has 0 aromatic heterocycles. The molecule has 3 unspecified atom stereocenters. The van der Waals surface area contributed by atoms with Crippen molar-refractivity contribution in [3.63, 3.8) is 0 Å². The summed E-state index contributed by atoms with van der Waals surface area (Å²) in [5.74, 6) is 0.102. The molecule has 1 aromatic carbocycles. The molecule has 1 saturated heterocycles. The maximum absolute atomic E-state index is 12.8. The van der Waals surface area contributed by atoms with Gasteiger partial charge < -0.3 is 10.1 Å². The van der Waals surface area contributed by atoms with Gasteiger partial charge in [0.1, 0.15) is 0 Å². The van der Waals surface area contributed by atoms with Crippen LogP contribution < -0.4 is 5.32 Å². The molecule has 138 valence electrons. The fourth-order valence-corrected chi connectivity index (χ4v) is 3.41. The van der Waals surface area contributed by atoms with Crippen LogP contribution in [0.3, 0.4) is 0 Å². The molecular weight excluding hydrogens is 322 g/mol. The number of hydrogen-bond acceptors (Lipinski definition) is 5. The summed E-state index contributed by atoms with van der Waals surface area (Å²) in [5, 5.41) is 13.8. The van der Waals surface area contributed by atoms with E-state index in [2.05, 4.69) is 10.2 Å². The van der Waals surface area contributed by atoms with E-state index >= 15 is 0 Å². The Bertz CT molecular complexity index is 610. The number of carbonyl (C=O) groups excluding carboxylic acids is 1. The summed E-state index contributed by atoms with van der Waals surface area (Å²) in [6, 6.07) is 6.09. The summed E-state index contributed by atoms with van der Waals surface area (Å²) in [5.41, 5.74) is 0.747. The SMILES string of the molecule is CC1CN(C(C(=O)NCc2cccc([N+](=O)[O-])c2)C(C)C)CC(C)O1. The Morgan fingerprint density at radius 1 is 1.36 bits per heavy atom. The normalized spacial score (nSPS) is 22.6. The van der Waals surface area contributed by atoms with E-state index in [0.717, 1.165) is 13.1 Å². The molecular formula is C18H27N3O4. The van der Waals surface area contributed by atoms with Gasteiger partial charge in [0.25, 0.3) is 5.69 Å². The summed E-state index contributed by atoms with van der Waals surface area (Å²) in [7, 11) is 0. The second kappa shape index (κ2) is 8.40. The summed E-state index contributed by atoms with van der Waals surface area (Å²) in [6.45, 7) is 9.81. The zero-order chi connectivity index (χ0) is 18.6. The van der Waals surface area contributed by atoms with Crippen LogP contribution in [0.15, 0.2) is 24.3 Å². The highest BCUT2D eigenvalue weighted by Gasteiger charge is 2.33. The van der Waals surface area contributed by atoms with E-state index in [9.17, 15) is 14.9 Å². The number of carbonyl (C=O) groups is 1. The minimum absolute atomic E-state index is 0.0305. The van der Waals surface area contributed by atoms with E-state index in [1.165, 1.54) is 12.1 Å². The number of ether oxygens (including phenoxy) is 1. The molecule has 0 aliphatic carbocycles. The van der Waals surface area contributed by atoms with Gasteiger partial charge in [0.05, 0.1) is 23.2 Å². The van der Waals surface area contributed by atoms with E-state index in [-0.39, 0.29) is 42.3 Å². The van der Waals surface area contributed by atoms with E-state index in [0.29, 0.717) is 5.56 Å². The van der Waals surface area contributed by atoms with Crippen molar-refractivity contribution in [2.45, 2.75) is 52.5 Å². The van der Waals surface area contributed by atoms with Crippen LogP contribution in [0.1, 0.15) is 33.3 Å². The molecule has 1 aromatic rings. The fraction of sp³-hybridized carbons (Fsp3) is 0.611. The van der Waals surface area contributed by atoms with Gasteiger partial charge in [-0.2, -0.15) is 0 Å². The van der Waals surface area contributed by atoms with Crippen LogP contribution in [0.2, 0.25) is 0 Å². The maximum atomic E-state index is 12.8. The molecule has 0 bridgehead atoms. The summed E-state index contributed by atoms with van der Waals surface area (Å²) in [6.07, 6.45) is 0.184. The highest BCUT2D eigenvalue weighted by atomic mass is 16.6. The second-order valence-corrected chi connectivity index (χ2v) is 7.04. The molecule has 1 fully saturated rings. The Morgan fingerprint density at radius 3 is 2.56 bits per heavy atom. The highest BCUT2D eigenvalue weighted by molar-refractivity contribution is 5.82. The number of nitrogens with one attached hydrogen (secondary N) is 1. The number of nitrogens with zero attached hydrogens (tertiary/aromatic N) is 2. The summed E-state index contributed by atoms with van der Waals surface area (Å²) in [4.78, 5) is 25.4. The topological polar surface area (TPSA) is 84.7 Å². The number of nitro groups is 1. The van der Waals surface area contributed by atoms with Gasteiger partial charge in [-0.05, 0) is 25.3 Å². The van der Waals surface area contributed by atoms with Crippen molar-refractivity contribution in [3.05, 3.63) is 39.9 Å². The number of benzene rings is 1. The average molecular weight is 349 g/mol. The number of amides is 1. The van der Waals surface area contributed by atoms with E-state index in [1.807, 2.05) is 27.7 Å². The van der Waals surface area contributed by atoms with Crippen molar-refractivity contribution in [2.24, 2.45) is 5.92 Å². The van der Waals surface area contributed by atoms with Gasteiger partial charge in [0.15, 0.2) is 0 Å². The Hall–Kier alpha value is -1.99. The van der Waals surface area contributed by atoms with Crippen LogP contribution in [0, 0.1) is 16.0 Å². The molecule has 1 heterocycles. The molecule has 0 saturated carbocycles. The molecule has 3 atom stereocenters. The molecule has 1 aliphatic heterocycles. The van der Waals surface area contributed by atoms with Crippen molar-refractivity contribution < 1.29 is 14.5 Å². The molecule has 1 amide bonds. The Labute approximate surface area is 148 Å². The van der Waals surface area contributed by atoms with Crippen molar-refractivity contribution in [1.82, 2.24) is 10.2 Å². The predicted octanol–water partition coefficient (Wildman–Crippen LogP) is 2.34. The van der Waals surface area contributed by atoms with E-state index in [1.54, 1.807) is 12.1 Å². The van der Waals surface area contributed by atoms with Crippen molar-refractivity contribution in [1.29, 1.82) is 0 Å². The van der Waals surface area contributed by atoms with Crippen LogP contribution in [0.5, 0.6) is 0 Å². The maximum Gasteiger partial charge on any atom is 0.269 e. The first kappa shape index (κ1) is 19.3. The van der Waals surface area contributed by atoms with Crippen LogP contribution in [0.25, 0.3) is 0 Å². The Kier molecular flexibility index (Phi) is 6.50. The van der Waals surface area contributed by atoms with E-state index < -0.39 is 4.92 Å². The van der Waals surface area contributed by atoms with Crippen LogP contribution in [-0.2, 0) is 16.1 Å². The monoisotopic (exact) mass is 349 g/mol. The first-order chi connectivity index (χ1) is 11.8. The third kappa shape index (κ3) is 5.24. The minimum atomic E-state index is -0.432. The smallest absolute Gasteiger partial charge is 0.269 e. The molecule has 0 spiro atoms. The molecule has 1 aliphatic rings. The Morgan fingerprint density at radius 2 is 2.00 bits per heavy atom. The zero-order valence-corrected chi connectivity index (χ0v) is 15.3. The number of nitro benzene ring substituents is 1. The lowest BCUT2D eigenvalue weighted by atomic mass is 9.99. The minimum Gasteiger partial charge on any atom is -0.373 e. The molecule has 1 N–H and O–H groups in total. The number of hydrogen-bond donors (Lipinski definition) is 1. The second-order valence-electron chi connectivity index (χ2n) is 7.04. The summed E-state index contributed by atoms with van der Waals surface area (Å²) >= 11 is 0. The van der Waals surface area contributed by atoms with Crippen LogP contribution in [0.4, 0.5) is 5.69 Å². The van der Waals surface area contributed by atoms with Gasteiger partial charge >= 0.3 is 0 Å². The van der Waals surface area contributed by atoms with E-state index in [4.69, 9.17) is 4.74 Å². The first-order valence-electron chi connectivity index (χ1n) is 8.68. The molecule has 7 nitrogen and oxygen atoms in total. The number of morpholine rings is 1. The molecule has 7 heteroatoms. The predicted molar refractivity (Wildman–Crippen MR) is 95.2 cm³/mol. The van der Waals surface area contributed by atoms with Crippen molar-refractivity contribution in [3.8, 4) is 0 Å². The van der Waals surface area contributed by atoms with Gasteiger partial charge in [-0.15, -0.1) is 0 Å². The lowest BCUT2D eigenvalue weighted by Crippen LogP contribution is -2.56. The van der Waals surface area contributed by atoms with Gasteiger partial charge in [0.2, 0.25) is 5.91 Å². The Balaban J connectivity index is 2.03. The number of non-ortho nitro benzene ring substituents is 1. The van der Waals surface area contributed by atoms with Gasteiger partial charge in [0, 0.05) is 31.8 Å². The molecule has 0 radical (unpaired) electrons. The van der Waals surface area contributed by atoms with Crippen molar-refractivity contribution >= 4 is 11.6 Å². The zero-order valence-electron chi connectivity index (χ0n) is 15.3. The third-order valence-corrected chi connectivity index (χ3v) is 4.33. The van der Waals surface area contributed by atoms with Crippen molar-refractivity contribution in [2.75, 3.05) is 13.1 Å². The van der Waals surface area contributed by atoms with Crippen LogP contribution >= 0.6 is 0 Å². The van der Waals surface area contributed by atoms with Gasteiger partial charge in [-0.25, -0.2) is 0 Å². The van der Waals surface area contributed by atoms with Crippen LogP contribution in [-0.4, -0.2) is 47.1 Å². The average Bonchev–Trinajstić information content (AvgIpc) is 2.52. The molecule has 2 rings (SSSR count). The van der Waals surface area contributed by atoms with Gasteiger partial charge in [-0.3, -0.25) is 19.8 Å². The lowest BCUT2D eigenvalue weighted by molar-refractivity contribution is -0.384. The lowest BCUT2D eigenvalue weighted by Gasteiger charge is -2.41. The summed E-state index contributed by atoms with van der Waals surface area (Å²) < 4.78 is 5.75. The number of rotatable bonds is 6. The standard InChI is InChI=1S/C18H27N3O4/c1-12(2)17(20-10-13(3)25-14(4)11-20)18(22)19-9-15-6-5-7-16(8-15)21(23)24/h5-8,12-14,17H,9-11H2,1-4H3,(H,19,22). The fourth-order valence-electron chi connectivity index (χ4n) is 3.41. The first-order valence-corrected chi connectivity index (χ1v) is 8.68. The molecule has 25 heavy (non-hydrogen) atoms. The van der Waals surface area contributed by atoms with Gasteiger partial charge in [-0.1, -0.05) is 26.0 Å². The largest absolute Gasteiger partial charge is 0.373 e. The highest BCUT2D eigenvalue weighted by Crippen LogP contribution is 2.19. The quantitative estimate of drug-likeness (QED) is 0.629. The third-order valence-electron chi connectivity index (χ3n) is 4.33.